The molecular weight excluding hydrogens is 708 g/mol. The van der Waals surface area contributed by atoms with Gasteiger partial charge in [0.1, 0.15) is 23.6 Å². The van der Waals surface area contributed by atoms with Crippen LogP contribution in [0.2, 0.25) is 0 Å². The van der Waals surface area contributed by atoms with Gasteiger partial charge in [-0.1, -0.05) is 46.8 Å². The number of aromatic nitrogens is 2. The zero-order chi connectivity index (χ0) is 39.5. The van der Waals surface area contributed by atoms with E-state index in [0.29, 0.717) is 18.3 Å². The number of hydrogen-bond acceptors (Lipinski definition) is 9. The number of urea groups is 1. The first kappa shape index (κ1) is 39.6. The molecule has 1 saturated heterocycles. The first-order valence-corrected chi connectivity index (χ1v) is 18.6. The van der Waals surface area contributed by atoms with Crippen molar-refractivity contribution in [1.29, 1.82) is 0 Å². The summed E-state index contributed by atoms with van der Waals surface area (Å²) < 4.78 is 59.3. The number of rotatable bonds is 11. The molecule has 0 radical (unpaired) electrons. The van der Waals surface area contributed by atoms with Crippen LogP contribution in [-0.4, -0.2) is 65.4 Å². The zero-order valence-corrected chi connectivity index (χ0v) is 31.9. The zero-order valence-electron chi connectivity index (χ0n) is 31.9. The van der Waals surface area contributed by atoms with E-state index in [4.69, 9.17) is 14.0 Å². The number of nitrogens with zero attached hydrogens (tertiary/aromatic N) is 2. The summed E-state index contributed by atoms with van der Waals surface area (Å²) in [4.78, 5) is 58.8. The summed E-state index contributed by atoms with van der Waals surface area (Å²) in [7, 11) is 0.495. The van der Waals surface area contributed by atoms with Crippen molar-refractivity contribution in [2.24, 2.45) is 23.2 Å². The van der Waals surface area contributed by atoms with Crippen LogP contribution < -0.4 is 26.8 Å². The molecule has 1 aromatic carbocycles. The number of esters is 1. The second kappa shape index (κ2) is 14.2. The van der Waals surface area contributed by atoms with Crippen molar-refractivity contribution in [2.45, 2.75) is 122 Å². The summed E-state index contributed by atoms with van der Waals surface area (Å²) in [6.07, 6.45) is -1.11. The molecule has 0 spiro atoms. The van der Waals surface area contributed by atoms with Crippen molar-refractivity contribution < 1.29 is 41.6 Å². The summed E-state index contributed by atoms with van der Waals surface area (Å²) in [5, 5.41) is 11.4. The van der Waals surface area contributed by atoms with Crippen LogP contribution in [0.25, 0.3) is 0 Å². The quantitative estimate of drug-likeness (QED) is 0.188. The summed E-state index contributed by atoms with van der Waals surface area (Å²) in [5.41, 5.74) is -3.02. The highest BCUT2D eigenvalue weighted by atomic mass is 19.4. The van der Waals surface area contributed by atoms with Gasteiger partial charge in [0.15, 0.2) is 0 Å². The SMILES string of the molecule is CC[C@H](NC(=O)[C@@H]1C[C@@](C)(NC(=O)NC(C(=O)OC)C(C)C)c2ncc(NCc3cccc(C(F)(F)F)c3)c(=O)n21)B1O[C@@H]2C[C@@H]3C[C@@H](C3(C)C)[C@]2(C)O1. The molecule has 54 heavy (non-hydrogen) atoms. The van der Waals surface area contributed by atoms with Crippen LogP contribution in [0.4, 0.5) is 23.7 Å². The molecule has 3 heterocycles. The highest BCUT2D eigenvalue weighted by Crippen LogP contribution is 2.65. The van der Waals surface area contributed by atoms with Crippen molar-refractivity contribution in [3.8, 4) is 0 Å². The maximum atomic E-state index is 14.3. The molecule has 5 aliphatic rings. The van der Waals surface area contributed by atoms with Gasteiger partial charge in [0, 0.05) is 13.0 Å². The smallest absolute Gasteiger partial charge is 0.467 e. The van der Waals surface area contributed by atoms with Crippen LogP contribution in [0.15, 0.2) is 35.3 Å². The van der Waals surface area contributed by atoms with Crippen molar-refractivity contribution in [3.63, 3.8) is 0 Å². The lowest BCUT2D eigenvalue weighted by Crippen LogP contribution is -2.65. The first-order valence-electron chi connectivity index (χ1n) is 18.6. The van der Waals surface area contributed by atoms with E-state index in [0.717, 1.165) is 25.0 Å². The molecule has 2 aromatic rings. The lowest BCUT2D eigenvalue weighted by molar-refractivity contribution is -0.199. The molecule has 4 fully saturated rings. The Morgan fingerprint density at radius 3 is 2.48 bits per heavy atom. The number of carbonyl (C=O) groups excluding carboxylic acids is 3. The van der Waals surface area contributed by atoms with E-state index in [1.807, 2.05) is 6.92 Å². The second-order valence-corrected chi connectivity index (χ2v) is 16.5. The molecule has 3 aliphatic carbocycles. The van der Waals surface area contributed by atoms with E-state index in [-0.39, 0.29) is 47.5 Å². The normalized spacial score (nSPS) is 29.0. The minimum absolute atomic E-state index is 0.0543. The molecule has 13 nitrogen and oxygen atoms in total. The molecule has 3 saturated carbocycles. The summed E-state index contributed by atoms with van der Waals surface area (Å²) in [6, 6.07) is 1.83. The third-order valence-corrected chi connectivity index (χ3v) is 12.3. The maximum Gasteiger partial charge on any atom is 0.481 e. The van der Waals surface area contributed by atoms with Crippen LogP contribution in [0.1, 0.15) is 97.1 Å². The fourth-order valence-corrected chi connectivity index (χ4v) is 8.99. The molecule has 8 atom stereocenters. The molecule has 1 unspecified atom stereocenters. The Balaban J connectivity index is 1.27. The van der Waals surface area contributed by atoms with Crippen LogP contribution in [0.5, 0.6) is 0 Å². The molecule has 1 aromatic heterocycles. The summed E-state index contributed by atoms with van der Waals surface area (Å²) >= 11 is 0. The third kappa shape index (κ3) is 6.97. The van der Waals surface area contributed by atoms with E-state index in [2.05, 4.69) is 47.0 Å². The Morgan fingerprint density at radius 2 is 1.85 bits per heavy atom. The number of carbonyl (C=O) groups is 3. The van der Waals surface area contributed by atoms with Crippen LogP contribution in [0.3, 0.4) is 0 Å². The monoisotopic (exact) mass is 758 g/mol. The van der Waals surface area contributed by atoms with Crippen molar-refractivity contribution in [2.75, 3.05) is 12.4 Å². The Kier molecular flexibility index (Phi) is 10.4. The lowest BCUT2D eigenvalue weighted by atomic mass is 9.43. The fourth-order valence-electron chi connectivity index (χ4n) is 8.99. The number of anilines is 1. The number of hydrogen-bond donors (Lipinski definition) is 4. The highest BCUT2D eigenvalue weighted by Gasteiger charge is 2.68. The maximum absolute atomic E-state index is 14.3. The number of fused-ring (bicyclic) bond motifs is 1. The minimum Gasteiger partial charge on any atom is -0.467 e. The topological polar surface area (TPSA) is 162 Å². The molecular formula is C37H50BF3N6O7. The molecule has 294 valence electrons. The Hall–Kier alpha value is -4.12. The number of methoxy groups -OCH3 is 1. The first-order chi connectivity index (χ1) is 25.2. The molecule has 7 rings (SSSR count). The number of halogens is 3. The number of ether oxygens (including phenoxy) is 1. The summed E-state index contributed by atoms with van der Waals surface area (Å²) in [6.45, 7) is 13.5. The fraction of sp³-hybridized carbons (Fsp3) is 0.649. The number of amides is 3. The molecule has 17 heteroatoms. The van der Waals surface area contributed by atoms with Crippen molar-refractivity contribution in [1.82, 2.24) is 25.5 Å². The van der Waals surface area contributed by atoms with E-state index in [1.165, 1.54) is 30.0 Å². The van der Waals surface area contributed by atoms with Crippen molar-refractivity contribution in [3.05, 3.63) is 57.8 Å². The number of nitrogens with one attached hydrogen (secondary N) is 4. The standard InChI is InChI=1S/C37H50BF3N6O7/c1-9-27(38-53-26-15-22-14-25(34(22,4)5)36(26,7)54-38)44-29(48)24-16-35(6,46-33(51)45-28(19(2)3)31(50)52-8)32-43-18-23(30(49)47(24)32)42-17-20-11-10-12-21(13-20)37(39,40)41/h10-13,18-19,22,24-28,42H,9,14-17H2,1-8H3,(H,44,48)(H2,45,46,51)/t22-,24-,25-,26+,27-,28?,35+,36-/m0/s1. The molecule has 2 bridgehead atoms. The van der Waals surface area contributed by atoms with Crippen LogP contribution in [-0.2, 0) is 41.9 Å². The molecule has 2 aliphatic heterocycles. The van der Waals surface area contributed by atoms with Gasteiger partial charge in [0.05, 0.1) is 42.1 Å². The van der Waals surface area contributed by atoms with Gasteiger partial charge in [-0.25, -0.2) is 14.6 Å². The van der Waals surface area contributed by atoms with Gasteiger partial charge >= 0.3 is 25.3 Å². The van der Waals surface area contributed by atoms with Gasteiger partial charge in [-0.3, -0.25) is 14.2 Å². The Morgan fingerprint density at radius 1 is 1.13 bits per heavy atom. The van der Waals surface area contributed by atoms with Gasteiger partial charge < -0.3 is 35.3 Å². The predicted octanol–water partition coefficient (Wildman–Crippen LogP) is 4.69. The third-order valence-electron chi connectivity index (χ3n) is 12.3. The van der Waals surface area contributed by atoms with Crippen LogP contribution in [0, 0.1) is 23.2 Å². The van der Waals surface area contributed by atoms with Gasteiger partial charge in [0.2, 0.25) is 5.91 Å². The van der Waals surface area contributed by atoms with Crippen molar-refractivity contribution >= 4 is 30.7 Å². The average molecular weight is 759 g/mol. The van der Waals surface area contributed by atoms with Gasteiger partial charge in [-0.05, 0) is 74.0 Å². The van der Waals surface area contributed by atoms with E-state index >= 15 is 0 Å². The van der Waals surface area contributed by atoms with Gasteiger partial charge in [-0.15, -0.1) is 0 Å². The molecule has 4 N–H and O–H groups in total. The Bertz CT molecular complexity index is 1860. The number of alkyl halides is 3. The second-order valence-electron chi connectivity index (χ2n) is 16.5. The predicted molar refractivity (Wildman–Crippen MR) is 193 cm³/mol. The van der Waals surface area contributed by atoms with Gasteiger partial charge in [0.25, 0.3) is 5.56 Å². The average Bonchev–Trinajstić information content (AvgIpc) is 3.62. The minimum atomic E-state index is -4.54. The lowest BCUT2D eigenvalue weighted by Gasteiger charge is -2.64. The van der Waals surface area contributed by atoms with E-state index < -0.39 is 71.5 Å². The largest absolute Gasteiger partial charge is 0.481 e. The van der Waals surface area contributed by atoms with E-state index in [9.17, 15) is 32.3 Å². The highest BCUT2D eigenvalue weighted by molar-refractivity contribution is 6.47. The number of benzene rings is 1. The molecule has 3 amide bonds. The Labute approximate surface area is 313 Å². The van der Waals surface area contributed by atoms with Crippen LogP contribution >= 0.6 is 0 Å². The van der Waals surface area contributed by atoms with E-state index in [1.54, 1.807) is 20.8 Å². The van der Waals surface area contributed by atoms with Gasteiger partial charge in [-0.2, -0.15) is 13.2 Å². The summed E-state index contributed by atoms with van der Waals surface area (Å²) in [5.74, 6) is -1.12.